The van der Waals surface area contributed by atoms with Gasteiger partial charge in [0.05, 0.1) is 0 Å². The molecule has 3 heteroatoms. The quantitative estimate of drug-likeness (QED) is 0.590. The summed E-state index contributed by atoms with van der Waals surface area (Å²) < 4.78 is 4.84. The van der Waals surface area contributed by atoms with Crippen LogP contribution >= 0.6 is 0 Å². The highest BCUT2D eigenvalue weighted by Gasteiger charge is 2.05. The van der Waals surface area contributed by atoms with E-state index in [0.29, 0.717) is 11.6 Å². The second-order valence-electron chi connectivity index (χ2n) is 2.38. The van der Waals surface area contributed by atoms with Crippen molar-refractivity contribution in [2.45, 2.75) is 19.8 Å². The molecule has 3 nitrogen and oxygen atoms in total. The highest BCUT2D eigenvalue weighted by atomic mass is 16.5. The van der Waals surface area contributed by atoms with E-state index in [1.807, 2.05) is 19.9 Å². The van der Waals surface area contributed by atoms with Gasteiger partial charge in [-0.2, -0.15) is 5.26 Å². The maximum absolute atomic E-state index is 8.36. The summed E-state index contributed by atoms with van der Waals surface area (Å²) in [5.41, 5.74) is 0.351. The van der Waals surface area contributed by atoms with Crippen LogP contribution in [0, 0.1) is 11.3 Å². The van der Waals surface area contributed by atoms with Gasteiger partial charge in [-0.3, -0.25) is 0 Å². The predicted octanol–water partition coefficient (Wildman–Crippen LogP) is 1.67. The van der Waals surface area contributed by atoms with Gasteiger partial charge in [0.2, 0.25) is 0 Å². The van der Waals surface area contributed by atoms with Gasteiger partial charge in [0.25, 0.3) is 0 Å². The molecule has 1 rings (SSSR count). The first kappa shape index (κ1) is 6.81. The SMILES string of the molecule is CC(C)c1cc(C#N)no1. The molecule has 0 atom stereocenters. The van der Waals surface area contributed by atoms with E-state index in [4.69, 9.17) is 9.78 Å². The summed E-state index contributed by atoms with van der Waals surface area (Å²) in [5.74, 6) is 1.06. The van der Waals surface area contributed by atoms with Crippen molar-refractivity contribution in [3.05, 3.63) is 17.5 Å². The van der Waals surface area contributed by atoms with Gasteiger partial charge in [0, 0.05) is 12.0 Å². The Kier molecular flexibility index (Phi) is 1.72. The van der Waals surface area contributed by atoms with Crippen molar-refractivity contribution in [3.63, 3.8) is 0 Å². The molecular weight excluding hydrogens is 128 g/mol. The molecule has 10 heavy (non-hydrogen) atoms. The number of aromatic nitrogens is 1. The van der Waals surface area contributed by atoms with E-state index in [9.17, 15) is 0 Å². The minimum atomic E-state index is 0.301. The van der Waals surface area contributed by atoms with Crippen LogP contribution in [0.2, 0.25) is 0 Å². The molecule has 0 amide bonds. The fraction of sp³-hybridized carbons (Fsp3) is 0.429. The molecule has 0 aliphatic carbocycles. The first-order chi connectivity index (χ1) is 4.74. The second kappa shape index (κ2) is 2.53. The molecule has 52 valence electrons. The highest BCUT2D eigenvalue weighted by molar-refractivity contribution is 5.20. The smallest absolute Gasteiger partial charge is 0.183 e. The first-order valence-corrected chi connectivity index (χ1v) is 3.10. The lowest BCUT2D eigenvalue weighted by Gasteiger charge is -1.92. The molecule has 0 spiro atoms. The molecule has 0 N–H and O–H groups in total. The van der Waals surface area contributed by atoms with Crippen molar-refractivity contribution in [1.82, 2.24) is 5.16 Å². The van der Waals surface area contributed by atoms with Gasteiger partial charge in [-0.1, -0.05) is 19.0 Å². The predicted molar refractivity (Wildman–Crippen MR) is 35.3 cm³/mol. The fourth-order valence-corrected chi connectivity index (χ4v) is 0.614. The molecule has 0 radical (unpaired) electrons. The average Bonchev–Trinajstić information content (AvgIpc) is 2.34. The minimum Gasteiger partial charge on any atom is -0.360 e. The van der Waals surface area contributed by atoms with Crippen molar-refractivity contribution in [2.75, 3.05) is 0 Å². The number of nitriles is 1. The Hall–Kier alpha value is -1.30. The van der Waals surface area contributed by atoms with Crippen LogP contribution in [0.3, 0.4) is 0 Å². The molecular formula is C7H8N2O. The van der Waals surface area contributed by atoms with Crippen LogP contribution in [0.1, 0.15) is 31.2 Å². The number of hydrogen-bond acceptors (Lipinski definition) is 3. The van der Waals surface area contributed by atoms with Gasteiger partial charge in [0.15, 0.2) is 5.69 Å². The topological polar surface area (TPSA) is 49.8 Å². The third-order valence-electron chi connectivity index (χ3n) is 1.21. The normalized spacial score (nSPS) is 9.80. The van der Waals surface area contributed by atoms with Crippen LogP contribution in [0.15, 0.2) is 10.6 Å². The summed E-state index contributed by atoms with van der Waals surface area (Å²) in [5, 5.41) is 11.9. The van der Waals surface area contributed by atoms with Crippen LogP contribution in [0.25, 0.3) is 0 Å². The Labute approximate surface area is 59.2 Å². The van der Waals surface area contributed by atoms with Crippen LogP contribution in [-0.4, -0.2) is 5.16 Å². The monoisotopic (exact) mass is 136 g/mol. The van der Waals surface area contributed by atoms with E-state index in [1.165, 1.54) is 0 Å². The van der Waals surface area contributed by atoms with Crippen molar-refractivity contribution in [2.24, 2.45) is 0 Å². The lowest BCUT2D eigenvalue weighted by molar-refractivity contribution is 0.369. The van der Waals surface area contributed by atoms with E-state index in [2.05, 4.69) is 5.16 Å². The van der Waals surface area contributed by atoms with E-state index >= 15 is 0 Å². The molecule has 0 aromatic carbocycles. The van der Waals surface area contributed by atoms with Crippen LogP contribution in [0.5, 0.6) is 0 Å². The molecule has 0 saturated heterocycles. The summed E-state index contributed by atoms with van der Waals surface area (Å²) >= 11 is 0. The Morgan fingerprint density at radius 3 is 2.70 bits per heavy atom. The summed E-state index contributed by atoms with van der Waals surface area (Å²) in [6.07, 6.45) is 0. The van der Waals surface area contributed by atoms with Gasteiger partial charge >= 0.3 is 0 Å². The molecule has 0 unspecified atom stereocenters. The Bertz CT molecular complexity index is 257. The highest BCUT2D eigenvalue weighted by Crippen LogP contribution is 2.13. The largest absolute Gasteiger partial charge is 0.360 e. The van der Waals surface area contributed by atoms with Crippen molar-refractivity contribution in [1.29, 1.82) is 5.26 Å². The molecule has 1 aromatic rings. The zero-order valence-electron chi connectivity index (χ0n) is 5.96. The van der Waals surface area contributed by atoms with Crippen LogP contribution in [-0.2, 0) is 0 Å². The second-order valence-corrected chi connectivity index (χ2v) is 2.38. The summed E-state index contributed by atoms with van der Waals surface area (Å²) in [6, 6.07) is 3.55. The number of hydrogen-bond donors (Lipinski definition) is 0. The molecule has 0 bridgehead atoms. The van der Waals surface area contributed by atoms with Gasteiger partial charge in [-0.15, -0.1) is 0 Å². The van der Waals surface area contributed by atoms with Gasteiger partial charge in [0.1, 0.15) is 11.8 Å². The Balaban J connectivity index is 2.91. The molecule has 0 aliphatic heterocycles. The first-order valence-electron chi connectivity index (χ1n) is 3.10. The van der Waals surface area contributed by atoms with Crippen molar-refractivity contribution < 1.29 is 4.52 Å². The van der Waals surface area contributed by atoms with E-state index in [0.717, 1.165) is 5.76 Å². The summed E-state index contributed by atoms with van der Waals surface area (Å²) in [6.45, 7) is 3.98. The van der Waals surface area contributed by atoms with Gasteiger partial charge in [-0.05, 0) is 0 Å². The van der Waals surface area contributed by atoms with Crippen LogP contribution in [0.4, 0.5) is 0 Å². The molecule has 1 heterocycles. The average molecular weight is 136 g/mol. The van der Waals surface area contributed by atoms with Crippen molar-refractivity contribution in [3.8, 4) is 6.07 Å². The van der Waals surface area contributed by atoms with Crippen LogP contribution < -0.4 is 0 Å². The van der Waals surface area contributed by atoms with E-state index in [1.54, 1.807) is 6.07 Å². The van der Waals surface area contributed by atoms with E-state index in [-0.39, 0.29) is 0 Å². The molecule has 1 aromatic heterocycles. The summed E-state index contributed by atoms with van der Waals surface area (Å²) in [7, 11) is 0. The molecule has 0 fully saturated rings. The number of nitrogens with zero attached hydrogens (tertiary/aromatic N) is 2. The molecule has 0 aliphatic rings. The Morgan fingerprint density at radius 2 is 2.40 bits per heavy atom. The van der Waals surface area contributed by atoms with Crippen molar-refractivity contribution >= 4 is 0 Å². The lowest BCUT2D eigenvalue weighted by Crippen LogP contribution is -1.80. The van der Waals surface area contributed by atoms with Gasteiger partial charge in [-0.25, -0.2) is 0 Å². The van der Waals surface area contributed by atoms with E-state index < -0.39 is 0 Å². The maximum Gasteiger partial charge on any atom is 0.183 e. The maximum atomic E-state index is 8.36. The Morgan fingerprint density at radius 1 is 1.70 bits per heavy atom. The minimum absolute atomic E-state index is 0.301. The molecule has 0 saturated carbocycles. The number of rotatable bonds is 1. The standard InChI is InChI=1S/C7H8N2O/c1-5(2)7-3-6(4-8)9-10-7/h3,5H,1-2H3. The fourth-order valence-electron chi connectivity index (χ4n) is 0.614. The summed E-state index contributed by atoms with van der Waals surface area (Å²) in [4.78, 5) is 0. The zero-order valence-corrected chi connectivity index (χ0v) is 5.96. The third-order valence-corrected chi connectivity index (χ3v) is 1.21. The van der Waals surface area contributed by atoms with Gasteiger partial charge < -0.3 is 4.52 Å². The zero-order chi connectivity index (χ0) is 7.56. The lowest BCUT2D eigenvalue weighted by atomic mass is 10.1. The third kappa shape index (κ3) is 1.16.